The third kappa shape index (κ3) is 7.44. The van der Waals surface area contributed by atoms with Crippen molar-refractivity contribution in [3.05, 3.63) is 47.3 Å². The van der Waals surface area contributed by atoms with Gasteiger partial charge in [-0.15, -0.1) is 11.3 Å². The molecule has 0 bridgehead atoms. The largest absolute Gasteiger partial charge is 0.490 e. The van der Waals surface area contributed by atoms with E-state index in [4.69, 9.17) is 9.90 Å². The van der Waals surface area contributed by atoms with Crippen molar-refractivity contribution in [2.45, 2.75) is 47.9 Å². The molecule has 0 atom stereocenters. The number of carbonyl (C=O) groups is 3. The Morgan fingerprint density at radius 1 is 1.14 bits per heavy atom. The summed E-state index contributed by atoms with van der Waals surface area (Å²) in [4.78, 5) is 35.1. The highest BCUT2D eigenvalue weighted by atomic mass is 32.2. The Balaban J connectivity index is 0.000000479. The third-order valence-electron chi connectivity index (χ3n) is 5.94. The number of benzene rings is 1. The van der Waals surface area contributed by atoms with Gasteiger partial charge in [0.25, 0.3) is 10.0 Å². The summed E-state index contributed by atoms with van der Waals surface area (Å²) in [7, 11) is -3.58. The van der Waals surface area contributed by atoms with Crippen LogP contribution in [0.3, 0.4) is 0 Å². The molecule has 1 aromatic carbocycles. The Morgan fingerprint density at radius 2 is 1.78 bits per heavy atom. The number of carboxylic acid groups (broad SMARTS) is 1. The number of hydrogen-bond acceptors (Lipinski definition) is 6. The van der Waals surface area contributed by atoms with Crippen LogP contribution in [-0.4, -0.2) is 62.0 Å². The number of carboxylic acids is 1. The Kier molecular flexibility index (Phi) is 8.84. The highest BCUT2D eigenvalue weighted by Gasteiger charge is 2.51. The summed E-state index contributed by atoms with van der Waals surface area (Å²) < 4.78 is 59.2. The van der Waals surface area contributed by atoms with Gasteiger partial charge in [-0.3, -0.25) is 14.3 Å². The number of sulfonamides is 1. The van der Waals surface area contributed by atoms with E-state index in [1.807, 2.05) is 17.0 Å². The van der Waals surface area contributed by atoms with Crippen LogP contribution < -0.4 is 10.0 Å². The molecule has 3 N–H and O–H groups in total. The molecule has 1 aliphatic carbocycles. The first kappa shape index (κ1) is 28.4. The Hall–Kier alpha value is -3.13. The van der Waals surface area contributed by atoms with Crippen molar-refractivity contribution in [2.75, 3.05) is 24.4 Å². The average Bonchev–Trinajstić information content (AvgIpc) is 3.23. The molecular weight excluding hydrogens is 535 g/mol. The number of rotatable bonds is 9. The molecule has 2 aromatic rings. The normalized spacial score (nSPS) is 16.5. The first-order valence-corrected chi connectivity index (χ1v) is 13.7. The van der Waals surface area contributed by atoms with Gasteiger partial charge in [-0.1, -0.05) is 18.2 Å². The van der Waals surface area contributed by atoms with Crippen molar-refractivity contribution in [1.29, 1.82) is 0 Å². The molecule has 2 heterocycles. The van der Waals surface area contributed by atoms with Gasteiger partial charge in [0.2, 0.25) is 11.8 Å². The second-order valence-corrected chi connectivity index (χ2v) is 11.5. The molecule has 1 aromatic heterocycles. The number of hydrogen-bond donors (Lipinski definition) is 3. The molecule has 0 unspecified atom stereocenters. The fourth-order valence-corrected chi connectivity index (χ4v) is 5.88. The van der Waals surface area contributed by atoms with Gasteiger partial charge in [-0.2, -0.15) is 13.2 Å². The second kappa shape index (κ2) is 11.5. The fraction of sp³-hybridized carbons (Fsp3) is 0.435. The van der Waals surface area contributed by atoms with Crippen molar-refractivity contribution in [1.82, 2.24) is 10.2 Å². The molecule has 0 radical (unpaired) electrons. The van der Waals surface area contributed by atoms with Gasteiger partial charge in [0, 0.05) is 31.7 Å². The molecule has 4 rings (SSSR count). The first-order chi connectivity index (χ1) is 17.3. The maximum Gasteiger partial charge on any atom is 0.490 e. The zero-order valence-electron chi connectivity index (χ0n) is 19.6. The highest BCUT2D eigenvalue weighted by molar-refractivity contribution is 7.94. The molecular formula is C23H26F3N3O6S2. The van der Waals surface area contributed by atoms with Gasteiger partial charge >= 0.3 is 12.1 Å². The van der Waals surface area contributed by atoms with E-state index in [2.05, 4.69) is 10.0 Å². The molecule has 37 heavy (non-hydrogen) atoms. The van der Waals surface area contributed by atoms with E-state index in [0.29, 0.717) is 25.2 Å². The van der Waals surface area contributed by atoms with Crippen molar-refractivity contribution < 1.29 is 41.1 Å². The Labute approximate surface area is 215 Å². The quantitative estimate of drug-likeness (QED) is 0.403. The van der Waals surface area contributed by atoms with Crippen molar-refractivity contribution in [3.63, 3.8) is 0 Å². The summed E-state index contributed by atoms with van der Waals surface area (Å²) in [6.45, 7) is 2.05. The van der Waals surface area contributed by atoms with Crippen LogP contribution in [0.4, 0.5) is 18.9 Å². The van der Waals surface area contributed by atoms with Crippen LogP contribution in [-0.2, 0) is 29.8 Å². The number of likely N-dealkylation sites (tertiary alicyclic amines) is 1. The van der Waals surface area contributed by atoms with Gasteiger partial charge in [0.05, 0.1) is 5.41 Å². The molecule has 1 aliphatic heterocycles. The molecule has 1 saturated heterocycles. The number of alkyl halides is 3. The lowest BCUT2D eigenvalue weighted by molar-refractivity contribution is -0.192. The van der Waals surface area contributed by atoms with E-state index < -0.39 is 27.6 Å². The van der Waals surface area contributed by atoms with Gasteiger partial charge < -0.3 is 15.3 Å². The minimum absolute atomic E-state index is 0.00200. The number of thiophene rings is 1. The van der Waals surface area contributed by atoms with E-state index in [0.717, 1.165) is 49.1 Å². The van der Waals surface area contributed by atoms with Crippen molar-refractivity contribution in [2.24, 2.45) is 0 Å². The number of aliphatic carboxylic acids is 1. The summed E-state index contributed by atoms with van der Waals surface area (Å²) in [6, 6.07) is 10.3. The number of amides is 2. The predicted molar refractivity (Wildman–Crippen MR) is 130 cm³/mol. The van der Waals surface area contributed by atoms with Gasteiger partial charge in [-0.05, 0) is 54.8 Å². The second-order valence-electron chi connectivity index (χ2n) is 8.59. The number of anilines is 1. The van der Waals surface area contributed by atoms with Crippen LogP contribution in [0.1, 0.15) is 37.7 Å². The zero-order valence-corrected chi connectivity index (χ0v) is 21.2. The predicted octanol–water partition coefficient (Wildman–Crippen LogP) is 3.34. The first-order valence-electron chi connectivity index (χ1n) is 11.4. The third-order valence-corrected chi connectivity index (χ3v) is 8.72. The lowest BCUT2D eigenvalue weighted by atomic mass is 9.95. The van der Waals surface area contributed by atoms with Gasteiger partial charge in [-0.25, -0.2) is 13.2 Å². The van der Waals surface area contributed by atoms with Crippen LogP contribution in [0.15, 0.2) is 46.0 Å². The monoisotopic (exact) mass is 561 g/mol. The van der Waals surface area contributed by atoms with E-state index in [1.54, 1.807) is 29.6 Å². The number of carbonyl (C=O) groups excluding carboxylic acids is 2. The Morgan fingerprint density at radius 3 is 2.27 bits per heavy atom. The fourth-order valence-electron chi connectivity index (χ4n) is 3.83. The topological polar surface area (TPSA) is 133 Å². The molecule has 2 amide bonds. The van der Waals surface area contributed by atoms with E-state index in [-0.39, 0.29) is 16.0 Å². The van der Waals surface area contributed by atoms with E-state index >= 15 is 0 Å². The van der Waals surface area contributed by atoms with E-state index in [1.165, 1.54) is 0 Å². The maximum atomic E-state index is 12.8. The summed E-state index contributed by atoms with van der Waals surface area (Å²) in [5.74, 6) is -2.55. The summed E-state index contributed by atoms with van der Waals surface area (Å²) in [5.41, 5.74) is 0.849. The van der Waals surface area contributed by atoms with E-state index in [9.17, 15) is 31.2 Å². The number of nitrogens with zero attached hydrogens (tertiary/aromatic N) is 1. The molecule has 14 heteroatoms. The number of nitrogens with one attached hydrogen (secondary N) is 2. The lowest BCUT2D eigenvalue weighted by Crippen LogP contribution is -2.36. The Bertz CT molecular complexity index is 1210. The SMILES string of the molecule is O=C(O)C(F)(F)F.O=C1CCCN1CCCNC(=O)C1(c2ccc(NS(=O)(=O)c3cccs3)cc2)CC1. The highest BCUT2D eigenvalue weighted by Crippen LogP contribution is 2.48. The molecule has 2 aliphatic rings. The minimum atomic E-state index is -5.08. The summed E-state index contributed by atoms with van der Waals surface area (Å²) in [5, 5.41) is 11.9. The van der Waals surface area contributed by atoms with Crippen molar-refractivity contribution in [3.8, 4) is 0 Å². The van der Waals surface area contributed by atoms with Crippen LogP contribution >= 0.6 is 11.3 Å². The minimum Gasteiger partial charge on any atom is -0.475 e. The lowest BCUT2D eigenvalue weighted by Gasteiger charge is -2.18. The van der Waals surface area contributed by atoms with Gasteiger partial charge in [0.15, 0.2) is 0 Å². The van der Waals surface area contributed by atoms with Crippen molar-refractivity contribution >= 4 is 44.8 Å². The average molecular weight is 562 g/mol. The molecule has 202 valence electrons. The molecule has 2 fully saturated rings. The number of halogens is 3. The zero-order chi connectivity index (χ0) is 27.3. The van der Waals surface area contributed by atoms with Crippen LogP contribution in [0.25, 0.3) is 0 Å². The van der Waals surface area contributed by atoms with Crippen LogP contribution in [0.5, 0.6) is 0 Å². The summed E-state index contributed by atoms with van der Waals surface area (Å²) in [6.07, 6.45) is -1.22. The molecule has 0 spiro atoms. The molecule has 1 saturated carbocycles. The van der Waals surface area contributed by atoms with Crippen LogP contribution in [0.2, 0.25) is 0 Å². The van der Waals surface area contributed by atoms with Crippen LogP contribution in [0, 0.1) is 0 Å². The maximum absolute atomic E-state index is 12.8. The standard InChI is InChI=1S/C21H25N3O4S2.C2HF3O2/c25-18-4-1-13-24(18)14-3-12-22-20(26)21(10-11-21)16-6-8-17(9-7-16)23-30(27,28)19-5-2-15-29-19;3-2(4,5)1(6)7/h2,5-9,15,23H,1,3-4,10-14H2,(H,22,26);(H,6,7). The molecule has 9 nitrogen and oxygen atoms in total. The smallest absolute Gasteiger partial charge is 0.475 e. The summed E-state index contributed by atoms with van der Waals surface area (Å²) >= 11 is 1.16. The van der Waals surface area contributed by atoms with Gasteiger partial charge in [0.1, 0.15) is 4.21 Å².